The van der Waals surface area contributed by atoms with Crippen LogP contribution in [0.25, 0.3) is 0 Å². The number of halogens is 2. The van der Waals surface area contributed by atoms with E-state index in [1.807, 2.05) is 0 Å². The van der Waals surface area contributed by atoms with E-state index in [-0.39, 0.29) is 12.2 Å². The number of hydrogen-bond acceptors (Lipinski definition) is 2. The number of methoxy groups -OCH3 is 1. The lowest BCUT2D eigenvalue weighted by molar-refractivity contribution is -0.0409. The van der Waals surface area contributed by atoms with Crippen LogP contribution >= 0.6 is 11.6 Å². The van der Waals surface area contributed by atoms with Crippen molar-refractivity contribution in [2.45, 2.75) is 18.9 Å². The Hall–Kier alpha value is -0.640. The van der Waals surface area contributed by atoms with Gasteiger partial charge in [0.25, 0.3) is 0 Å². The number of aliphatic hydroxyl groups is 1. The molecule has 0 heterocycles. The maximum Gasteiger partial charge on any atom is 0.130 e. The van der Waals surface area contributed by atoms with Gasteiger partial charge >= 0.3 is 0 Å². The Morgan fingerprint density at radius 3 is 2.67 bits per heavy atom. The van der Waals surface area contributed by atoms with Gasteiger partial charge in [-0.1, -0.05) is 24.6 Å². The van der Waals surface area contributed by atoms with E-state index in [0.29, 0.717) is 11.4 Å². The largest absolute Gasteiger partial charge is 0.383 e. The summed E-state index contributed by atoms with van der Waals surface area (Å²) in [7, 11) is 1.47. The highest BCUT2D eigenvalue weighted by molar-refractivity contribution is 6.30. The maximum absolute atomic E-state index is 13.6. The topological polar surface area (TPSA) is 29.5 Å². The van der Waals surface area contributed by atoms with Crippen LogP contribution in [-0.4, -0.2) is 18.8 Å². The molecule has 0 aliphatic rings. The van der Waals surface area contributed by atoms with Gasteiger partial charge in [-0.25, -0.2) is 4.39 Å². The summed E-state index contributed by atoms with van der Waals surface area (Å²) in [5.41, 5.74) is -1.07. The second-order valence-electron chi connectivity index (χ2n) is 3.44. The minimum absolute atomic E-state index is 0.0576. The van der Waals surface area contributed by atoms with Crippen LogP contribution < -0.4 is 0 Å². The van der Waals surface area contributed by atoms with Crippen LogP contribution in [0.2, 0.25) is 5.02 Å². The van der Waals surface area contributed by atoms with Crippen LogP contribution in [0.15, 0.2) is 18.2 Å². The highest BCUT2D eigenvalue weighted by Gasteiger charge is 2.30. The Kier molecular flexibility index (Phi) is 4.08. The van der Waals surface area contributed by atoms with E-state index in [1.165, 1.54) is 19.2 Å². The fraction of sp³-hybridized carbons (Fsp3) is 0.455. The molecule has 0 aromatic heterocycles. The molecule has 1 unspecified atom stereocenters. The zero-order valence-electron chi connectivity index (χ0n) is 8.76. The molecule has 2 nitrogen and oxygen atoms in total. The summed E-state index contributed by atoms with van der Waals surface area (Å²) < 4.78 is 18.4. The molecule has 0 spiro atoms. The van der Waals surface area contributed by atoms with E-state index in [1.54, 1.807) is 13.0 Å². The van der Waals surface area contributed by atoms with Gasteiger partial charge in [0.1, 0.15) is 11.4 Å². The van der Waals surface area contributed by atoms with Crippen LogP contribution in [0.5, 0.6) is 0 Å². The normalized spacial score (nSPS) is 15.0. The van der Waals surface area contributed by atoms with Gasteiger partial charge < -0.3 is 9.84 Å². The van der Waals surface area contributed by atoms with Gasteiger partial charge in [0.05, 0.1) is 6.61 Å². The van der Waals surface area contributed by atoms with Crippen LogP contribution in [0, 0.1) is 5.82 Å². The van der Waals surface area contributed by atoms with Gasteiger partial charge in [-0.15, -0.1) is 0 Å². The fourth-order valence-corrected chi connectivity index (χ4v) is 1.63. The minimum Gasteiger partial charge on any atom is -0.383 e. The predicted molar refractivity (Wildman–Crippen MR) is 57.5 cm³/mol. The molecular formula is C11H14ClFO2. The van der Waals surface area contributed by atoms with Crippen LogP contribution in [-0.2, 0) is 10.3 Å². The molecule has 1 aromatic carbocycles. The third-order valence-corrected chi connectivity index (χ3v) is 2.64. The highest BCUT2D eigenvalue weighted by atomic mass is 35.5. The quantitative estimate of drug-likeness (QED) is 0.865. The van der Waals surface area contributed by atoms with Crippen molar-refractivity contribution in [3.63, 3.8) is 0 Å². The standard InChI is InChI=1S/C11H14ClFO2/c1-3-11(14,7-15-2)9-5-4-8(12)6-10(9)13/h4-6,14H,3,7H2,1-2H3. The van der Waals surface area contributed by atoms with Crippen molar-refractivity contribution in [3.05, 3.63) is 34.6 Å². The lowest BCUT2D eigenvalue weighted by Crippen LogP contribution is -2.31. The molecule has 0 radical (unpaired) electrons. The van der Waals surface area contributed by atoms with E-state index in [4.69, 9.17) is 16.3 Å². The zero-order valence-corrected chi connectivity index (χ0v) is 9.51. The van der Waals surface area contributed by atoms with E-state index in [0.717, 1.165) is 0 Å². The first-order chi connectivity index (χ1) is 7.03. The highest BCUT2D eigenvalue weighted by Crippen LogP contribution is 2.29. The SMILES string of the molecule is CCC(O)(COC)c1ccc(Cl)cc1F. The third-order valence-electron chi connectivity index (χ3n) is 2.40. The van der Waals surface area contributed by atoms with Gasteiger partial charge in [0, 0.05) is 17.7 Å². The molecule has 0 amide bonds. The number of rotatable bonds is 4. The molecule has 15 heavy (non-hydrogen) atoms. The summed E-state index contributed by atoms with van der Waals surface area (Å²) in [5.74, 6) is -0.510. The van der Waals surface area contributed by atoms with E-state index < -0.39 is 11.4 Å². The lowest BCUT2D eigenvalue weighted by atomic mass is 9.91. The van der Waals surface area contributed by atoms with E-state index in [9.17, 15) is 9.50 Å². The molecule has 1 aromatic rings. The molecule has 0 fully saturated rings. The van der Waals surface area contributed by atoms with Gasteiger partial charge in [0.2, 0.25) is 0 Å². The summed E-state index contributed by atoms with van der Waals surface area (Å²) in [6.07, 6.45) is 0.374. The molecule has 1 atom stereocenters. The number of hydrogen-bond donors (Lipinski definition) is 1. The lowest BCUT2D eigenvalue weighted by Gasteiger charge is -2.26. The molecule has 1 rings (SSSR count). The smallest absolute Gasteiger partial charge is 0.130 e. The van der Waals surface area contributed by atoms with Gasteiger partial charge in [0.15, 0.2) is 0 Å². The van der Waals surface area contributed by atoms with Crippen molar-refractivity contribution in [2.24, 2.45) is 0 Å². The Bertz CT molecular complexity index is 343. The van der Waals surface area contributed by atoms with Gasteiger partial charge in [-0.3, -0.25) is 0 Å². The molecule has 0 aliphatic carbocycles. The van der Waals surface area contributed by atoms with Crippen molar-refractivity contribution >= 4 is 11.6 Å². The first-order valence-electron chi connectivity index (χ1n) is 4.70. The van der Waals surface area contributed by atoms with Crippen molar-refractivity contribution < 1.29 is 14.2 Å². The summed E-state index contributed by atoms with van der Waals surface area (Å²) in [6, 6.07) is 4.23. The zero-order chi connectivity index (χ0) is 11.5. The molecule has 4 heteroatoms. The fourth-order valence-electron chi connectivity index (χ4n) is 1.48. The summed E-state index contributed by atoms with van der Waals surface area (Å²) in [6.45, 7) is 1.83. The molecule has 0 bridgehead atoms. The molecule has 0 saturated heterocycles. The molecule has 84 valence electrons. The monoisotopic (exact) mass is 232 g/mol. The average molecular weight is 233 g/mol. The Morgan fingerprint density at radius 1 is 1.53 bits per heavy atom. The Morgan fingerprint density at radius 2 is 2.20 bits per heavy atom. The summed E-state index contributed by atoms with van der Waals surface area (Å²) in [5, 5.41) is 10.5. The third kappa shape index (κ3) is 2.68. The first kappa shape index (κ1) is 12.4. The summed E-state index contributed by atoms with van der Waals surface area (Å²) >= 11 is 5.63. The van der Waals surface area contributed by atoms with Gasteiger partial charge in [-0.2, -0.15) is 0 Å². The minimum atomic E-state index is -1.29. The van der Waals surface area contributed by atoms with Crippen molar-refractivity contribution in [2.75, 3.05) is 13.7 Å². The van der Waals surface area contributed by atoms with Crippen molar-refractivity contribution in [3.8, 4) is 0 Å². The first-order valence-corrected chi connectivity index (χ1v) is 5.08. The molecule has 1 N–H and O–H groups in total. The Labute approximate surface area is 93.6 Å². The second kappa shape index (κ2) is 4.92. The molecule has 0 saturated carbocycles. The second-order valence-corrected chi connectivity index (χ2v) is 3.88. The van der Waals surface area contributed by atoms with Gasteiger partial charge in [-0.05, 0) is 18.6 Å². The number of benzene rings is 1. The van der Waals surface area contributed by atoms with Crippen LogP contribution in [0.4, 0.5) is 4.39 Å². The average Bonchev–Trinajstić information content (AvgIpc) is 2.17. The van der Waals surface area contributed by atoms with E-state index >= 15 is 0 Å². The van der Waals surface area contributed by atoms with E-state index in [2.05, 4.69) is 0 Å². The van der Waals surface area contributed by atoms with Crippen molar-refractivity contribution in [1.29, 1.82) is 0 Å². The van der Waals surface area contributed by atoms with Crippen LogP contribution in [0.3, 0.4) is 0 Å². The number of ether oxygens (including phenoxy) is 1. The molecule has 0 aliphatic heterocycles. The van der Waals surface area contributed by atoms with Crippen molar-refractivity contribution in [1.82, 2.24) is 0 Å². The molecular weight excluding hydrogens is 219 g/mol. The maximum atomic E-state index is 13.6. The predicted octanol–water partition coefficient (Wildman–Crippen LogP) is 2.72. The Balaban J connectivity index is 3.12. The van der Waals surface area contributed by atoms with Crippen LogP contribution in [0.1, 0.15) is 18.9 Å². The summed E-state index contributed by atoms with van der Waals surface area (Å²) in [4.78, 5) is 0.